The van der Waals surface area contributed by atoms with E-state index in [0.29, 0.717) is 5.56 Å². The number of rotatable bonds is 5. The zero-order valence-corrected chi connectivity index (χ0v) is 16.7. The van der Waals surface area contributed by atoms with E-state index in [-0.39, 0.29) is 15.8 Å². The van der Waals surface area contributed by atoms with Gasteiger partial charge in [0.25, 0.3) is 0 Å². The number of aliphatic imine (C=N–C) groups is 1. The number of carbonyl (C=O) groups excluding carboxylic acids is 1. The molecule has 0 fully saturated rings. The van der Waals surface area contributed by atoms with E-state index in [9.17, 15) is 4.79 Å². The predicted molar refractivity (Wildman–Crippen MR) is 102 cm³/mol. The molecule has 26 heavy (non-hydrogen) atoms. The first kappa shape index (κ1) is 17.1. The van der Waals surface area contributed by atoms with Gasteiger partial charge in [0.2, 0.25) is 0 Å². The third-order valence-corrected chi connectivity index (χ3v) is 7.05. The van der Waals surface area contributed by atoms with Gasteiger partial charge in [0.1, 0.15) is 0 Å². The number of benzene rings is 1. The average Bonchev–Trinajstić information content (AvgIpc) is 3.24. The van der Waals surface area contributed by atoms with Crippen molar-refractivity contribution in [3.63, 3.8) is 0 Å². The van der Waals surface area contributed by atoms with E-state index >= 15 is 0 Å². The number of hydrogen-bond donors (Lipinski definition) is 3. The number of fused-ring (bicyclic) bond motifs is 1. The monoisotopic (exact) mass is 428 g/mol. The van der Waals surface area contributed by atoms with Crippen LogP contribution in [-0.2, 0) is 0 Å². The van der Waals surface area contributed by atoms with Gasteiger partial charge in [0.05, 0.1) is 0 Å². The molecule has 1 aromatic heterocycles. The zero-order valence-electron chi connectivity index (χ0n) is 14.0. The van der Waals surface area contributed by atoms with Crippen molar-refractivity contribution in [3.05, 3.63) is 64.7 Å². The van der Waals surface area contributed by atoms with E-state index in [0.717, 1.165) is 27.5 Å². The summed E-state index contributed by atoms with van der Waals surface area (Å²) in [4.78, 5) is 18.1. The van der Waals surface area contributed by atoms with Crippen molar-refractivity contribution in [2.75, 3.05) is 6.54 Å². The summed E-state index contributed by atoms with van der Waals surface area (Å²) >= 11 is 1.34. The molecular weight excluding hydrogens is 411 g/mol. The van der Waals surface area contributed by atoms with Crippen LogP contribution in [0, 0.1) is 6.92 Å². The number of aromatic amines is 1. The second-order valence-electron chi connectivity index (χ2n) is 5.90. The van der Waals surface area contributed by atoms with Crippen molar-refractivity contribution in [1.82, 2.24) is 14.5 Å². The van der Waals surface area contributed by atoms with Crippen molar-refractivity contribution in [1.29, 1.82) is 0 Å². The minimum atomic E-state index is -0.416. The van der Waals surface area contributed by atoms with E-state index in [1.54, 1.807) is 18.0 Å². The maximum absolute atomic E-state index is 11.4. The summed E-state index contributed by atoms with van der Waals surface area (Å²) in [6.07, 6.45) is 6.11. The minimum absolute atomic E-state index is 0.238. The number of primary amides is 1. The quantitative estimate of drug-likeness (QED) is 0.452. The molecule has 0 spiro atoms. The second-order valence-corrected chi connectivity index (χ2v) is 9.46. The summed E-state index contributed by atoms with van der Waals surface area (Å²) < 4.78 is 4.52. The zero-order chi connectivity index (χ0) is 18.1. The summed E-state index contributed by atoms with van der Waals surface area (Å²) in [5.74, 6) is 0.657. The fraction of sp³-hybridized carbons (Fsp3) is 0.118. The van der Waals surface area contributed by atoms with Crippen LogP contribution in [0.3, 0.4) is 0 Å². The van der Waals surface area contributed by atoms with E-state index in [4.69, 9.17) is 5.73 Å². The molecule has 1 atom stereocenters. The molecule has 7 nitrogen and oxygen atoms in total. The van der Waals surface area contributed by atoms with E-state index in [1.165, 1.54) is 9.38 Å². The first-order valence-corrected chi connectivity index (χ1v) is 10.6. The van der Waals surface area contributed by atoms with Gasteiger partial charge in [-0.2, -0.15) is 0 Å². The Morgan fingerprint density at radius 2 is 2.31 bits per heavy atom. The molecule has 4 N–H and O–H groups in total. The molecule has 9 heteroatoms. The number of amides is 1. The second kappa shape index (κ2) is 7.15. The standard InChI is InChI=1S/C17H16AsN6OS/c1-11-7-14(22-21-11)18-15-9-23(10-16-20-5-6-24(15)16)26-13-4-2-3-12(8-13)17(19)25/h2-9H,10H2,1H3,(H2,19,25)(H,21,22)/p+1. The normalized spacial score (nSPS) is 19.0. The molecule has 131 valence electrons. The molecule has 1 amide bonds. The number of quaternary nitrogens is 1. The van der Waals surface area contributed by atoms with Crippen LogP contribution in [0.25, 0.3) is 0 Å². The Balaban J connectivity index is 1.58. The Kier molecular flexibility index (Phi) is 4.71. The molecule has 3 heterocycles. The van der Waals surface area contributed by atoms with E-state index < -0.39 is 5.91 Å². The van der Waals surface area contributed by atoms with Gasteiger partial charge >= 0.3 is 162 Å². The molecule has 1 aromatic carbocycles. The van der Waals surface area contributed by atoms with Crippen LogP contribution in [-0.4, -0.2) is 48.5 Å². The predicted octanol–water partition coefficient (Wildman–Crippen LogP) is -0.263. The summed E-state index contributed by atoms with van der Waals surface area (Å²) in [5.41, 5.74) is 6.97. The number of nitrogens with two attached hydrogens (primary N) is 1. The van der Waals surface area contributed by atoms with Gasteiger partial charge in [0.15, 0.2) is 0 Å². The van der Waals surface area contributed by atoms with E-state index in [1.807, 2.05) is 31.3 Å². The van der Waals surface area contributed by atoms with Gasteiger partial charge in [-0.1, -0.05) is 0 Å². The summed E-state index contributed by atoms with van der Waals surface area (Å²) in [6, 6.07) is 9.47. The maximum atomic E-state index is 11.4. The number of hydrogen-bond acceptors (Lipinski definition) is 5. The van der Waals surface area contributed by atoms with Crippen molar-refractivity contribution < 1.29 is 9.69 Å². The topological polar surface area (TPSA) is 91.8 Å². The van der Waals surface area contributed by atoms with Crippen LogP contribution >= 0.6 is 11.9 Å². The Hall–Kier alpha value is -2.28. The first-order valence-electron chi connectivity index (χ1n) is 7.99. The number of nitrogens with zero attached hydrogens (tertiary/aromatic N) is 3. The van der Waals surface area contributed by atoms with Gasteiger partial charge < -0.3 is 0 Å². The molecule has 0 saturated carbocycles. The number of aryl methyl sites for hydroxylation is 1. The molecule has 0 aliphatic carbocycles. The number of H-pyrrole nitrogens is 1. The van der Waals surface area contributed by atoms with Crippen LogP contribution in [0.1, 0.15) is 16.1 Å². The first-order chi connectivity index (χ1) is 12.6. The molecule has 4 rings (SSSR count). The Morgan fingerprint density at radius 3 is 3.08 bits per heavy atom. The molecule has 2 aliphatic rings. The molecule has 2 aliphatic heterocycles. The van der Waals surface area contributed by atoms with Gasteiger partial charge in [0, 0.05) is 0 Å². The van der Waals surface area contributed by atoms with Crippen molar-refractivity contribution in [3.8, 4) is 0 Å². The molecular formula is C17H17AsN6OS+. The van der Waals surface area contributed by atoms with Gasteiger partial charge in [-0.05, 0) is 0 Å². The molecule has 0 saturated heterocycles. The average molecular weight is 428 g/mol. The van der Waals surface area contributed by atoms with Gasteiger partial charge in [-0.15, -0.1) is 0 Å². The summed E-state index contributed by atoms with van der Waals surface area (Å²) in [6.45, 7) is 2.73. The van der Waals surface area contributed by atoms with Crippen molar-refractivity contribution >= 4 is 43.9 Å². The SMILES string of the molecule is Cc1cc([As]C2=CN(Sc3cccc(C(N)=O)c3)CC3=NC=C[NH+]23)n[nH]1. The third kappa shape index (κ3) is 3.62. The number of aromatic nitrogens is 2. The molecule has 0 bridgehead atoms. The van der Waals surface area contributed by atoms with Gasteiger partial charge in [-0.3, -0.25) is 0 Å². The number of nitrogens with one attached hydrogen (secondary N) is 2. The van der Waals surface area contributed by atoms with Crippen LogP contribution in [0.15, 0.2) is 63.3 Å². The molecule has 1 radical (unpaired) electrons. The Bertz CT molecular complexity index is 950. The molecule has 1 unspecified atom stereocenters. The van der Waals surface area contributed by atoms with E-state index in [2.05, 4.69) is 38.0 Å². The van der Waals surface area contributed by atoms with Crippen molar-refractivity contribution in [2.24, 2.45) is 10.7 Å². The number of carbonyl (C=O) groups is 1. The fourth-order valence-electron chi connectivity index (χ4n) is 2.70. The van der Waals surface area contributed by atoms with Crippen LogP contribution < -0.4 is 15.1 Å². The Labute approximate surface area is 161 Å². The van der Waals surface area contributed by atoms with Crippen LogP contribution in [0.2, 0.25) is 0 Å². The summed E-state index contributed by atoms with van der Waals surface area (Å²) in [7, 11) is 0. The Morgan fingerprint density at radius 1 is 1.42 bits per heavy atom. The molecule has 2 aromatic rings. The fourth-order valence-corrected chi connectivity index (χ4v) is 6.17. The van der Waals surface area contributed by atoms with Crippen molar-refractivity contribution in [2.45, 2.75) is 11.8 Å². The summed E-state index contributed by atoms with van der Waals surface area (Å²) in [5, 5.41) is 7.40. The third-order valence-electron chi connectivity index (χ3n) is 3.90. The van der Waals surface area contributed by atoms with Crippen LogP contribution in [0.4, 0.5) is 0 Å². The number of amidine groups is 1. The van der Waals surface area contributed by atoms with Crippen LogP contribution in [0.5, 0.6) is 0 Å². The van der Waals surface area contributed by atoms with Gasteiger partial charge in [-0.25, -0.2) is 0 Å².